The Kier molecular flexibility index (Phi) is 9.63. The van der Waals surface area contributed by atoms with Gasteiger partial charge in [0, 0.05) is 43.9 Å². The molecule has 1 amide bonds. The SMILES string of the molecule is COc1cc(C(=O)Oc2c(Br)cc(Br)cc2C=NNC(=O)c2[nH]c3c(ccc4ccccc43)c2-c2ccccc2Cl)ccc1OC(C)=O. The van der Waals surface area contributed by atoms with Crippen molar-refractivity contribution in [3.8, 4) is 28.4 Å². The molecule has 0 radical (unpaired) electrons. The van der Waals surface area contributed by atoms with E-state index in [0.29, 0.717) is 30.7 Å². The maximum absolute atomic E-state index is 13.7. The van der Waals surface area contributed by atoms with Crippen LogP contribution in [0.15, 0.2) is 105 Å². The lowest BCUT2D eigenvalue weighted by atomic mass is 9.99. The highest BCUT2D eigenvalue weighted by atomic mass is 79.9. The lowest BCUT2D eigenvalue weighted by molar-refractivity contribution is -0.132. The minimum atomic E-state index is -0.709. The Morgan fingerprint density at radius 1 is 0.875 bits per heavy atom. The second-order valence-electron chi connectivity index (χ2n) is 10.4. The molecule has 0 fully saturated rings. The van der Waals surface area contributed by atoms with E-state index in [4.69, 9.17) is 25.8 Å². The number of carbonyl (C=O) groups is 3. The van der Waals surface area contributed by atoms with E-state index in [1.165, 1.54) is 38.4 Å². The number of halogens is 3. The number of fused-ring (bicyclic) bond motifs is 3. The molecule has 1 aromatic heterocycles. The molecule has 48 heavy (non-hydrogen) atoms. The zero-order valence-electron chi connectivity index (χ0n) is 25.3. The Morgan fingerprint density at radius 2 is 1.65 bits per heavy atom. The van der Waals surface area contributed by atoms with Crippen molar-refractivity contribution in [3.05, 3.63) is 122 Å². The molecule has 2 N–H and O–H groups in total. The van der Waals surface area contributed by atoms with Gasteiger partial charge in [0.15, 0.2) is 17.2 Å². The smallest absolute Gasteiger partial charge is 0.343 e. The third kappa shape index (κ3) is 6.70. The van der Waals surface area contributed by atoms with Gasteiger partial charge < -0.3 is 19.2 Å². The quantitative estimate of drug-likeness (QED) is 0.0688. The molecule has 0 aliphatic rings. The minimum absolute atomic E-state index is 0.146. The summed E-state index contributed by atoms with van der Waals surface area (Å²) in [5.74, 6) is -1.25. The number of esters is 2. The molecule has 240 valence electrons. The van der Waals surface area contributed by atoms with Gasteiger partial charge in [-0.3, -0.25) is 9.59 Å². The van der Waals surface area contributed by atoms with Gasteiger partial charge in [0.05, 0.1) is 28.9 Å². The number of amides is 1. The Hall–Kier alpha value is -4.97. The number of hydrogen-bond acceptors (Lipinski definition) is 7. The van der Waals surface area contributed by atoms with Crippen molar-refractivity contribution < 1.29 is 28.6 Å². The van der Waals surface area contributed by atoms with Crippen LogP contribution in [0.2, 0.25) is 5.02 Å². The van der Waals surface area contributed by atoms with Crippen LogP contribution in [0.3, 0.4) is 0 Å². The summed E-state index contributed by atoms with van der Waals surface area (Å²) in [7, 11) is 1.39. The summed E-state index contributed by atoms with van der Waals surface area (Å²) in [4.78, 5) is 41.7. The molecule has 12 heteroatoms. The van der Waals surface area contributed by atoms with Crippen LogP contribution in [0, 0.1) is 0 Å². The standard InChI is InChI=1S/C36H24Br2ClN3O6/c1-19(43)47-29-14-12-21(16-30(29)46-2)36(45)48-34-22(15-23(37)17-27(34)38)18-40-42-35(44)33-31(25-9-5-6-10-28(25)39)26-13-11-20-7-3-4-8-24(20)32(26)41-33/h3-18,41H,1-2H3,(H,42,44). The number of aromatic amines is 1. The summed E-state index contributed by atoms with van der Waals surface area (Å²) < 4.78 is 17.3. The molecular weight excluding hydrogens is 766 g/mol. The zero-order valence-corrected chi connectivity index (χ0v) is 29.2. The first-order valence-corrected chi connectivity index (χ1v) is 16.3. The monoisotopic (exact) mass is 787 g/mol. The molecule has 0 saturated heterocycles. The lowest BCUT2D eigenvalue weighted by Gasteiger charge is -2.12. The number of benzene rings is 5. The summed E-state index contributed by atoms with van der Waals surface area (Å²) in [5.41, 5.74) is 5.53. The molecule has 0 unspecified atom stereocenters. The Morgan fingerprint density at radius 3 is 2.42 bits per heavy atom. The average Bonchev–Trinajstić information content (AvgIpc) is 3.46. The van der Waals surface area contributed by atoms with E-state index in [0.717, 1.165) is 21.7 Å². The second kappa shape index (κ2) is 14.0. The molecule has 5 aromatic carbocycles. The lowest BCUT2D eigenvalue weighted by Crippen LogP contribution is -2.19. The molecule has 0 aliphatic carbocycles. The largest absolute Gasteiger partial charge is 0.493 e. The van der Waals surface area contributed by atoms with Crippen LogP contribution >= 0.6 is 43.5 Å². The normalized spacial score (nSPS) is 11.2. The number of methoxy groups -OCH3 is 1. The Labute approximate surface area is 296 Å². The number of aromatic nitrogens is 1. The van der Waals surface area contributed by atoms with Crippen molar-refractivity contribution in [2.45, 2.75) is 6.92 Å². The molecule has 0 atom stereocenters. The topological polar surface area (TPSA) is 119 Å². The molecular formula is C36H24Br2ClN3O6. The predicted octanol–water partition coefficient (Wildman–Crippen LogP) is 9.08. The second-order valence-corrected chi connectivity index (χ2v) is 12.6. The van der Waals surface area contributed by atoms with Crippen LogP contribution in [0.5, 0.6) is 17.2 Å². The van der Waals surface area contributed by atoms with Crippen LogP contribution in [0.1, 0.15) is 33.3 Å². The molecule has 0 aliphatic heterocycles. The molecule has 0 saturated carbocycles. The third-order valence-electron chi connectivity index (χ3n) is 7.32. The number of nitrogens with zero attached hydrogens (tertiary/aromatic N) is 1. The van der Waals surface area contributed by atoms with Gasteiger partial charge in [-0.25, -0.2) is 10.2 Å². The first-order valence-electron chi connectivity index (χ1n) is 14.3. The van der Waals surface area contributed by atoms with Crippen molar-refractivity contribution in [2.75, 3.05) is 7.11 Å². The van der Waals surface area contributed by atoms with E-state index < -0.39 is 17.8 Å². The Bertz CT molecular complexity index is 2280. The summed E-state index contributed by atoms with van der Waals surface area (Å²) in [5, 5.41) is 7.51. The number of nitrogens with one attached hydrogen (secondary N) is 2. The van der Waals surface area contributed by atoms with E-state index in [1.807, 2.05) is 54.6 Å². The minimum Gasteiger partial charge on any atom is -0.493 e. The summed E-state index contributed by atoms with van der Waals surface area (Å²) in [6.45, 7) is 1.26. The number of hydrogen-bond donors (Lipinski definition) is 2. The first-order chi connectivity index (χ1) is 23.1. The van der Waals surface area contributed by atoms with E-state index >= 15 is 0 Å². The van der Waals surface area contributed by atoms with E-state index in [2.05, 4.69) is 47.4 Å². The number of rotatable bonds is 8. The van der Waals surface area contributed by atoms with E-state index in [1.54, 1.807) is 18.2 Å². The van der Waals surface area contributed by atoms with Crippen LogP contribution < -0.4 is 19.6 Å². The van der Waals surface area contributed by atoms with Gasteiger partial charge >= 0.3 is 11.9 Å². The molecule has 9 nitrogen and oxygen atoms in total. The van der Waals surface area contributed by atoms with Crippen LogP contribution in [-0.2, 0) is 4.79 Å². The third-order valence-corrected chi connectivity index (χ3v) is 8.70. The van der Waals surface area contributed by atoms with Gasteiger partial charge in [0.25, 0.3) is 5.91 Å². The van der Waals surface area contributed by atoms with Gasteiger partial charge in [0.2, 0.25) is 0 Å². The average molecular weight is 790 g/mol. The molecule has 0 bridgehead atoms. The molecule has 6 rings (SSSR count). The summed E-state index contributed by atoms with van der Waals surface area (Å²) in [6, 6.07) is 26.9. The molecule has 0 spiro atoms. The maximum Gasteiger partial charge on any atom is 0.343 e. The highest BCUT2D eigenvalue weighted by molar-refractivity contribution is 9.11. The maximum atomic E-state index is 13.7. The molecule has 6 aromatic rings. The number of ether oxygens (including phenoxy) is 3. The highest BCUT2D eigenvalue weighted by Crippen LogP contribution is 2.39. The van der Waals surface area contributed by atoms with Gasteiger partial charge in [-0.15, -0.1) is 0 Å². The summed E-state index contributed by atoms with van der Waals surface area (Å²) >= 11 is 13.5. The van der Waals surface area contributed by atoms with Crippen LogP contribution in [0.25, 0.3) is 32.8 Å². The van der Waals surface area contributed by atoms with Crippen molar-refractivity contribution in [1.29, 1.82) is 0 Å². The number of hydrazone groups is 1. The highest BCUT2D eigenvalue weighted by Gasteiger charge is 2.22. The van der Waals surface area contributed by atoms with E-state index in [-0.39, 0.29) is 28.5 Å². The summed E-state index contributed by atoms with van der Waals surface area (Å²) in [6.07, 6.45) is 1.37. The number of carbonyl (C=O) groups excluding carboxylic acids is 3. The zero-order chi connectivity index (χ0) is 33.9. The fourth-order valence-electron chi connectivity index (χ4n) is 5.24. The van der Waals surface area contributed by atoms with Crippen molar-refractivity contribution in [3.63, 3.8) is 0 Å². The van der Waals surface area contributed by atoms with Crippen LogP contribution in [-0.4, -0.2) is 36.2 Å². The van der Waals surface area contributed by atoms with Crippen molar-refractivity contribution in [2.24, 2.45) is 5.10 Å². The fraction of sp³-hybridized carbons (Fsp3) is 0.0556. The fourth-order valence-corrected chi connectivity index (χ4v) is 6.81. The van der Waals surface area contributed by atoms with Gasteiger partial charge in [0.1, 0.15) is 5.69 Å². The van der Waals surface area contributed by atoms with Crippen molar-refractivity contribution >= 4 is 89.2 Å². The van der Waals surface area contributed by atoms with Gasteiger partial charge in [-0.05, 0) is 57.7 Å². The van der Waals surface area contributed by atoms with Crippen LogP contribution in [0.4, 0.5) is 0 Å². The van der Waals surface area contributed by atoms with Crippen molar-refractivity contribution in [1.82, 2.24) is 10.4 Å². The predicted molar refractivity (Wildman–Crippen MR) is 192 cm³/mol. The first kappa shape index (κ1) is 33.0. The van der Waals surface area contributed by atoms with Gasteiger partial charge in [-0.1, -0.05) is 82.1 Å². The van der Waals surface area contributed by atoms with E-state index in [9.17, 15) is 14.4 Å². The molecule has 1 heterocycles. The number of H-pyrrole nitrogens is 1. The van der Waals surface area contributed by atoms with Gasteiger partial charge in [-0.2, -0.15) is 5.10 Å². The Balaban J connectivity index is 1.31.